The van der Waals surface area contributed by atoms with Gasteiger partial charge in [-0.25, -0.2) is 9.78 Å². The Bertz CT molecular complexity index is 478. The van der Waals surface area contributed by atoms with Crippen LogP contribution in [0.15, 0.2) is 0 Å². The van der Waals surface area contributed by atoms with Crippen molar-refractivity contribution in [1.82, 2.24) is 9.88 Å². The van der Waals surface area contributed by atoms with Crippen molar-refractivity contribution in [2.24, 2.45) is 0 Å². The average Bonchev–Trinajstić information content (AvgIpc) is 2.55. The van der Waals surface area contributed by atoms with E-state index in [2.05, 4.69) is 10.3 Å². The van der Waals surface area contributed by atoms with Crippen LogP contribution in [0, 0.1) is 13.8 Å². The lowest BCUT2D eigenvalue weighted by Crippen LogP contribution is -2.41. The van der Waals surface area contributed by atoms with Crippen molar-refractivity contribution < 1.29 is 24.6 Å². The fraction of sp³-hybridized carbons (Fsp3) is 0.400. The van der Waals surface area contributed by atoms with E-state index in [0.29, 0.717) is 10.0 Å². The summed E-state index contributed by atoms with van der Waals surface area (Å²) in [5, 5.41) is 20.0. The van der Waals surface area contributed by atoms with Gasteiger partial charge in [-0.1, -0.05) is 0 Å². The Morgan fingerprint density at radius 3 is 2.11 bits per heavy atom. The summed E-state index contributed by atoms with van der Waals surface area (Å²) in [5.74, 6) is -2.58. The summed E-state index contributed by atoms with van der Waals surface area (Å²) in [4.78, 5) is 38.6. The Balaban J connectivity index is 2.75. The molecule has 0 aliphatic heterocycles. The number of rotatable bonds is 5. The fourth-order valence-corrected chi connectivity index (χ4v) is 2.03. The number of aryl methyl sites for hydroxylation is 2. The molecule has 104 valence electrons. The first kappa shape index (κ1) is 14.9. The van der Waals surface area contributed by atoms with Crippen LogP contribution in [0.4, 0.5) is 9.93 Å². The molecule has 2 amide bonds. The number of anilines is 1. The molecule has 0 aromatic carbocycles. The van der Waals surface area contributed by atoms with Crippen molar-refractivity contribution in [3.8, 4) is 0 Å². The number of aliphatic carboxylic acids is 2. The maximum absolute atomic E-state index is 11.8. The van der Waals surface area contributed by atoms with Crippen LogP contribution in [0.2, 0.25) is 0 Å². The number of urea groups is 1. The molecule has 19 heavy (non-hydrogen) atoms. The maximum Gasteiger partial charge on any atom is 0.324 e. The maximum atomic E-state index is 11.8. The molecule has 0 saturated carbocycles. The molecule has 0 fully saturated rings. The number of aromatic nitrogens is 1. The number of carboxylic acid groups (broad SMARTS) is 2. The van der Waals surface area contributed by atoms with Crippen LogP contribution in [0.3, 0.4) is 0 Å². The summed E-state index contributed by atoms with van der Waals surface area (Å²) in [6.45, 7) is 2.21. The number of hydrogen-bond acceptors (Lipinski definition) is 5. The number of carbonyl (C=O) groups excluding carboxylic acids is 1. The molecule has 1 aromatic heterocycles. The Kier molecular flexibility index (Phi) is 4.81. The molecule has 1 rings (SSSR count). The van der Waals surface area contributed by atoms with Crippen LogP contribution < -0.4 is 5.32 Å². The molecule has 9 heteroatoms. The number of hydrogen-bond donors (Lipinski definition) is 3. The fourth-order valence-electron chi connectivity index (χ4n) is 1.22. The first-order chi connectivity index (χ1) is 8.79. The third kappa shape index (κ3) is 4.54. The monoisotopic (exact) mass is 287 g/mol. The number of nitrogens with zero attached hydrogens (tertiary/aromatic N) is 2. The zero-order valence-corrected chi connectivity index (χ0v) is 11.2. The lowest BCUT2D eigenvalue weighted by Gasteiger charge is -2.17. The van der Waals surface area contributed by atoms with Gasteiger partial charge in [-0.2, -0.15) is 0 Å². The Morgan fingerprint density at radius 2 is 1.74 bits per heavy atom. The van der Waals surface area contributed by atoms with Gasteiger partial charge < -0.3 is 15.1 Å². The van der Waals surface area contributed by atoms with E-state index < -0.39 is 31.1 Å². The van der Waals surface area contributed by atoms with Gasteiger partial charge in [0.1, 0.15) is 13.1 Å². The van der Waals surface area contributed by atoms with E-state index in [1.54, 1.807) is 6.92 Å². The Hall–Kier alpha value is -2.16. The Morgan fingerprint density at radius 1 is 1.21 bits per heavy atom. The van der Waals surface area contributed by atoms with Crippen LogP contribution in [-0.4, -0.2) is 51.2 Å². The molecular formula is C10H13N3O5S. The van der Waals surface area contributed by atoms with E-state index in [0.717, 1.165) is 10.6 Å². The van der Waals surface area contributed by atoms with Gasteiger partial charge in [-0.05, 0) is 13.8 Å². The molecule has 1 aromatic rings. The van der Waals surface area contributed by atoms with E-state index >= 15 is 0 Å². The smallest absolute Gasteiger partial charge is 0.324 e. The normalized spacial score (nSPS) is 10.0. The number of amides is 2. The van der Waals surface area contributed by atoms with E-state index in [-0.39, 0.29) is 0 Å². The van der Waals surface area contributed by atoms with Gasteiger partial charge in [-0.15, -0.1) is 11.3 Å². The second-order valence-corrected chi connectivity index (χ2v) is 4.94. The largest absolute Gasteiger partial charge is 0.480 e. The van der Waals surface area contributed by atoms with E-state index in [9.17, 15) is 14.4 Å². The van der Waals surface area contributed by atoms with Gasteiger partial charge in [-0.3, -0.25) is 14.9 Å². The third-order valence-electron chi connectivity index (χ3n) is 2.18. The highest BCUT2D eigenvalue weighted by atomic mass is 32.1. The highest BCUT2D eigenvalue weighted by molar-refractivity contribution is 7.15. The first-order valence-electron chi connectivity index (χ1n) is 5.23. The molecule has 0 aliphatic rings. The average molecular weight is 287 g/mol. The predicted molar refractivity (Wildman–Crippen MR) is 67.5 cm³/mol. The zero-order valence-electron chi connectivity index (χ0n) is 10.3. The summed E-state index contributed by atoms with van der Waals surface area (Å²) in [6, 6.07) is -0.807. The highest BCUT2D eigenvalue weighted by Gasteiger charge is 2.20. The van der Waals surface area contributed by atoms with Gasteiger partial charge in [0.15, 0.2) is 5.13 Å². The third-order valence-corrected chi connectivity index (χ3v) is 3.17. The van der Waals surface area contributed by atoms with Gasteiger partial charge in [0.05, 0.1) is 5.69 Å². The molecule has 0 spiro atoms. The number of carboxylic acids is 2. The van der Waals surface area contributed by atoms with Gasteiger partial charge in [0, 0.05) is 4.88 Å². The van der Waals surface area contributed by atoms with Crippen molar-refractivity contribution in [2.45, 2.75) is 13.8 Å². The van der Waals surface area contributed by atoms with Crippen molar-refractivity contribution in [3.05, 3.63) is 10.6 Å². The number of carbonyl (C=O) groups is 3. The van der Waals surface area contributed by atoms with Crippen LogP contribution in [0.1, 0.15) is 10.6 Å². The van der Waals surface area contributed by atoms with E-state index in [1.807, 2.05) is 6.92 Å². The first-order valence-corrected chi connectivity index (χ1v) is 6.04. The molecule has 1 heterocycles. The van der Waals surface area contributed by atoms with Crippen molar-refractivity contribution >= 4 is 34.4 Å². The summed E-state index contributed by atoms with van der Waals surface area (Å²) < 4.78 is 0. The molecule has 0 atom stereocenters. The number of nitrogens with one attached hydrogen (secondary N) is 1. The summed E-state index contributed by atoms with van der Waals surface area (Å²) in [6.07, 6.45) is 0. The highest BCUT2D eigenvalue weighted by Crippen LogP contribution is 2.21. The van der Waals surface area contributed by atoms with Gasteiger partial charge >= 0.3 is 18.0 Å². The molecule has 0 aliphatic carbocycles. The van der Waals surface area contributed by atoms with Crippen molar-refractivity contribution in [2.75, 3.05) is 18.4 Å². The quantitative estimate of drug-likeness (QED) is 0.735. The summed E-state index contributed by atoms with van der Waals surface area (Å²) in [7, 11) is 0. The standard InChI is InChI=1S/C10H13N3O5S/c1-5-6(2)19-9(11-5)12-10(18)13(3-7(14)15)4-8(16)17/h3-4H2,1-2H3,(H,14,15)(H,16,17)(H,11,12,18). The molecule has 0 radical (unpaired) electrons. The Labute approximate surface area is 112 Å². The molecule has 3 N–H and O–H groups in total. The second-order valence-electron chi connectivity index (χ2n) is 3.73. The molecule has 0 bridgehead atoms. The number of thiazole rings is 1. The van der Waals surface area contributed by atoms with Crippen LogP contribution in [0.5, 0.6) is 0 Å². The van der Waals surface area contributed by atoms with Crippen molar-refractivity contribution in [3.63, 3.8) is 0 Å². The summed E-state index contributed by atoms with van der Waals surface area (Å²) >= 11 is 1.23. The van der Waals surface area contributed by atoms with Crippen molar-refractivity contribution in [1.29, 1.82) is 0 Å². The minimum Gasteiger partial charge on any atom is -0.480 e. The van der Waals surface area contributed by atoms with Crippen LogP contribution in [0.25, 0.3) is 0 Å². The lowest BCUT2D eigenvalue weighted by atomic mass is 10.4. The SMILES string of the molecule is Cc1nc(NC(=O)N(CC(=O)O)CC(=O)O)sc1C. The van der Waals surface area contributed by atoms with Gasteiger partial charge in [0.25, 0.3) is 0 Å². The van der Waals surface area contributed by atoms with E-state index in [4.69, 9.17) is 10.2 Å². The van der Waals surface area contributed by atoms with E-state index in [1.165, 1.54) is 11.3 Å². The molecular weight excluding hydrogens is 274 g/mol. The molecule has 0 unspecified atom stereocenters. The zero-order chi connectivity index (χ0) is 14.6. The minimum atomic E-state index is -1.29. The summed E-state index contributed by atoms with van der Waals surface area (Å²) in [5.41, 5.74) is 0.753. The van der Waals surface area contributed by atoms with Gasteiger partial charge in [0.2, 0.25) is 0 Å². The predicted octanol–water partition coefficient (Wildman–Crippen LogP) is 0.763. The molecule has 8 nitrogen and oxygen atoms in total. The van der Waals surface area contributed by atoms with Crippen LogP contribution >= 0.6 is 11.3 Å². The minimum absolute atomic E-state index is 0.306. The van der Waals surface area contributed by atoms with Crippen LogP contribution in [-0.2, 0) is 9.59 Å². The second kappa shape index (κ2) is 6.14. The lowest BCUT2D eigenvalue weighted by molar-refractivity contribution is -0.140. The topological polar surface area (TPSA) is 120 Å². The molecule has 0 saturated heterocycles.